The topological polar surface area (TPSA) is 54.0 Å². The summed E-state index contributed by atoms with van der Waals surface area (Å²) in [6.45, 7) is 8.25. The fourth-order valence-corrected chi connectivity index (χ4v) is 2.96. The highest BCUT2D eigenvalue weighted by atomic mass is 16.1. The van der Waals surface area contributed by atoms with E-state index in [0.29, 0.717) is 11.3 Å². The van der Waals surface area contributed by atoms with Crippen molar-refractivity contribution >= 4 is 23.1 Å². The first-order valence-electron chi connectivity index (χ1n) is 8.61. The van der Waals surface area contributed by atoms with Crippen molar-refractivity contribution in [2.45, 2.75) is 27.7 Å². The van der Waals surface area contributed by atoms with E-state index in [2.05, 4.69) is 48.5 Å². The van der Waals surface area contributed by atoms with E-state index < -0.39 is 0 Å². The number of anilines is 3. The van der Waals surface area contributed by atoms with E-state index in [-0.39, 0.29) is 5.91 Å². The predicted octanol–water partition coefficient (Wildman–Crippen LogP) is 5.31. The molecule has 132 valence electrons. The lowest BCUT2D eigenvalue weighted by molar-refractivity contribution is 0.102. The maximum Gasteiger partial charge on any atom is 0.255 e. The second kappa shape index (κ2) is 7.40. The summed E-state index contributed by atoms with van der Waals surface area (Å²) in [6, 6.07) is 15.5. The molecule has 0 saturated carbocycles. The SMILES string of the molecule is Cc1ccc(C(=O)Nc2ccc(Nc3c(C)cc(C)cc3C)nc2)cc1. The first kappa shape index (κ1) is 17.7. The van der Waals surface area contributed by atoms with E-state index in [0.717, 1.165) is 17.1 Å². The predicted molar refractivity (Wildman–Crippen MR) is 107 cm³/mol. The number of aromatic nitrogens is 1. The Morgan fingerprint density at radius 1 is 0.846 bits per heavy atom. The molecule has 4 nitrogen and oxygen atoms in total. The maximum absolute atomic E-state index is 12.3. The van der Waals surface area contributed by atoms with Crippen molar-refractivity contribution in [3.63, 3.8) is 0 Å². The molecule has 0 atom stereocenters. The fourth-order valence-electron chi connectivity index (χ4n) is 2.96. The number of carbonyl (C=O) groups excluding carboxylic acids is 1. The average Bonchev–Trinajstić information content (AvgIpc) is 2.60. The van der Waals surface area contributed by atoms with Crippen molar-refractivity contribution in [2.75, 3.05) is 10.6 Å². The minimum atomic E-state index is -0.141. The Balaban J connectivity index is 1.71. The summed E-state index contributed by atoms with van der Waals surface area (Å²) in [5.74, 6) is 0.603. The van der Waals surface area contributed by atoms with Crippen LogP contribution in [0, 0.1) is 27.7 Å². The van der Waals surface area contributed by atoms with E-state index in [1.54, 1.807) is 6.20 Å². The van der Waals surface area contributed by atoms with Crippen LogP contribution in [0.1, 0.15) is 32.6 Å². The molecule has 1 aromatic heterocycles. The molecule has 1 heterocycles. The largest absolute Gasteiger partial charge is 0.340 e. The molecular weight excluding hydrogens is 322 g/mol. The number of hydrogen-bond acceptors (Lipinski definition) is 3. The summed E-state index contributed by atoms with van der Waals surface area (Å²) >= 11 is 0. The Morgan fingerprint density at radius 2 is 1.50 bits per heavy atom. The van der Waals surface area contributed by atoms with Gasteiger partial charge in [0.15, 0.2) is 0 Å². The van der Waals surface area contributed by atoms with Crippen molar-refractivity contribution in [3.05, 3.63) is 82.5 Å². The van der Waals surface area contributed by atoms with Crippen LogP contribution in [0.3, 0.4) is 0 Å². The summed E-state index contributed by atoms with van der Waals surface area (Å²) in [5.41, 5.74) is 7.09. The Kier molecular flexibility index (Phi) is 5.03. The third-order valence-electron chi connectivity index (χ3n) is 4.27. The Bertz CT molecular complexity index is 906. The number of hydrogen-bond donors (Lipinski definition) is 2. The maximum atomic E-state index is 12.3. The van der Waals surface area contributed by atoms with E-state index in [9.17, 15) is 4.79 Å². The number of aryl methyl sites for hydroxylation is 4. The molecule has 2 N–H and O–H groups in total. The number of rotatable bonds is 4. The van der Waals surface area contributed by atoms with Crippen LogP contribution in [0.15, 0.2) is 54.7 Å². The third kappa shape index (κ3) is 4.09. The van der Waals surface area contributed by atoms with Crippen molar-refractivity contribution < 1.29 is 4.79 Å². The summed E-state index contributed by atoms with van der Waals surface area (Å²) in [4.78, 5) is 16.7. The van der Waals surface area contributed by atoms with Crippen molar-refractivity contribution in [3.8, 4) is 0 Å². The van der Waals surface area contributed by atoms with Crippen LogP contribution >= 0.6 is 0 Å². The van der Waals surface area contributed by atoms with Gasteiger partial charge < -0.3 is 10.6 Å². The zero-order valence-corrected chi connectivity index (χ0v) is 15.6. The first-order chi connectivity index (χ1) is 12.4. The van der Waals surface area contributed by atoms with Crippen LogP contribution in [0.25, 0.3) is 0 Å². The summed E-state index contributed by atoms with van der Waals surface area (Å²) in [5, 5.41) is 6.23. The van der Waals surface area contributed by atoms with Gasteiger partial charge in [-0.25, -0.2) is 4.98 Å². The number of carbonyl (C=O) groups is 1. The average molecular weight is 345 g/mol. The molecule has 0 aliphatic carbocycles. The van der Waals surface area contributed by atoms with Gasteiger partial charge in [-0.1, -0.05) is 35.4 Å². The zero-order chi connectivity index (χ0) is 18.7. The molecular formula is C22H23N3O. The highest BCUT2D eigenvalue weighted by Crippen LogP contribution is 2.25. The molecule has 0 fully saturated rings. The van der Waals surface area contributed by atoms with Gasteiger partial charge >= 0.3 is 0 Å². The molecule has 26 heavy (non-hydrogen) atoms. The Labute approximate surface area is 154 Å². The van der Waals surface area contributed by atoms with E-state index in [1.165, 1.54) is 16.7 Å². The molecule has 2 aromatic carbocycles. The molecule has 4 heteroatoms. The zero-order valence-electron chi connectivity index (χ0n) is 15.6. The van der Waals surface area contributed by atoms with Crippen LogP contribution in [0.4, 0.5) is 17.2 Å². The van der Waals surface area contributed by atoms with Gasteiger partial charge in [-0.2, -0.15) is 0 Å². The van der Waals surface area contributed by atoms with Crippen molar-refractivity contribution in [2.24, 2.45) is 0 Å². The lowest BCUT2D eigenvalue weighted by Crippen LogP contribution is -2.12. The molecule has 0 unspecified atom stereocenters. The van der Waals surface area contributed by atoms with E-state index in [1.807, 2.05) is 43.3 Å². The van der Waals surface area contributed by atoms with E-state index in [4.69, 9.17) is 0 Å². The van der Waals surface area contributed by atoms with Crippen molar-refractivity contribution in [1.82, 2.24) is 4.98 Å². The van der Waals surface area contributed by atoms with Gasteiger partial charge in [-0.3, -0.25) is 4.79 Å². The fraction of sp³-hybridized carbons (Fsp3) is 0.182. The summed E-state index contributed by atoms with van der Waals surface area (Å²) < 4.78 is 0. The lowest BCUT2D eigenvalue weighted by Gasteiger charge is -2.13. The number of benzene rings is 2. The molecule has 0 radical (unpaired) electrons. The molecule has 0 spiro atoms. The molecule has 0 saturated heterocycles. The normalized spacial score (nSPS) is 10.5. The molecule has 3 rings (SSSR count). The quantitative estimate of drug-likeness (QED) is 0.673. The van der Waals surface area contributed by atoms with Gasteiger partial charge in [0, 0.05) is 11.3 Å². The van der Waals surface area contributed by atoms with Crippen LogP contribution in [-0.4, -0.2) is 10.9 Å². The van der Waals surface area contributed by atoms with Crippen LogP contribution in [0.5, 0.6) is 0 Å². The Hall–Kier alpha value is -3.14. The van der Waals surface area contributed by atoms with Gasteiger partial charge in [0.25, 0.3) is 5.91 Å². The molecule has 3 aromatic rings. The van der Waals surface area contributed by atoms with Gasteiger partial charge in [0.1, 0.15) is 5.82 Å². The second-order valence-electron chi connectivity index (χ2n) is 6.65. The van der Waals surface area contributed by atoms with E-state index >= 15 is 0 Å². The number of nitrogens with one attached hydrogen (secondary N) is 2. The van der Waals surface area contributed by atoms with Gasteiger partial charge in [0.05, 0.1) is 11.9 Å². The molecule has 1 amide bonds. The van der Waals surface area contributed by atoms with Gasteiger partial charge in [-0.05, 0) is 63.1 Å². The second-order valence-corrected chi connectivity index (χ2v) is 6.65. The molecule has 0 aliphatic rings. The van der Waals surface area contributed by atoms with Gasteiger partial charge in [0.2, 0.25) is 0 Å². The number of amides is 1. The third-order valence-corrected chi connectivity index (χ3v) is 4.27. The van der Waals surface area contributed by atoms with Gasteiger partial charge in [-0.15, -0.1) is 0 Å². The van der Waals surface area contributed by atoms with Crippen LogP contribution in [0.2, 0.25) is 0 Å². The standard InChI is InChI=1S/C22H23N3O/c1-14-5-7-18(8-6-14)22(26)24-19-9-10-20(23-13-19)25-21-16(3)11-15(2)12-17(21)4/h5-13H,1-4H3,(H,23,25)(H,24,26). The lowest BCUT2D eigenvalue weighted by atomic mass is 10.1. The monoisotopic (exact) mass is 345 g/mol. The van der Waals surface area contributed by atoms with Crippen LogP contribution in [-0.2, 0) is 0 Å². The van der Waals surface area contributed by atoms with Crippen LogP contribution < -0.4 is 10.6 Å². The molecule has 0 aliphatic heterocycles. The number of pyridine rings is 1. The smallest absolute Gasteiger partial charge is 0.255 e. The first-order valence-corrected chi connectivity index (χ1v) is 8.61. The van der Waals surface area contributed by atoms with Crippen molar-refractivity contribution in [1.29, 1.82) is 0 Å². The minimum Gasteiger partial charge on any atom is -0.340 e. The summed E-state index contributed by atoms with van der Waals surface area (Å²) in [6.07, 6.45) is 1.66. The number of nitrogens with zero attached hydrogens (tertiary/aromatic N) is 1. The Morgan fingerprint density at radius 3 is 2.08 bits per heavy atom. The minimum absolute atomic E-state index is 0.141. The highest BCUT2D eigenvalue weighted by molar-refractivity contribution is 6.04. The molecule has 0 bridgehead atoms. The summed E-state index contributed by atoms with van der Waals surface area (Å²) in [7, 11) is 0. The highest BCUT2D eigenvalue weighted by Gasteiger charge is 2.08.